The van der Waals surface area contributed by atoms with Crippen molar-refractivity contribution in [3.63, 3.8) is 0 Å². The number of sulfone groups is 1. The van der Waals surface area contributed by atoms with E-state index in [-0.39, 0.29) is 18.2 Å². The Morgan fingerprint density at radius 3 is 2.70 bits per heavy atom. The molecule has 0 aliphatic carbocycles. The van der Waals surface area contributed by atoms with Crippen molar-refractivity contribution in [1.82, 2.24) is 4.90 Å². The second-order valence-electron chi connectivity index (χ2n) is 5.26. The highest BCUT2D eigenvalue weighted by molar-refractivity contribution is 14.1. The SMILES string of the molecule is CC(C)S(=O)(=O)CCN1CCc2ccc(I)cc2C1=O. The third-order valence-electron chi connectivity index (χ3n) is 3.60. The van der Waals surface area contributed by atoms with Crippen LogP contribution >= 0.6 is 22.6 Å². The zero-order valence-corrected chi connectivity index (χ0v) is 14.6. The first-order valence-electron chi connectivity index (χ1n) is 6.60. The van der Waals surface area contributed by atoms with Crippen molar-refractivity contribution in [3.05, 3.63) is 32.9 Å². The van der Waals surface area contributed by atoms with Crippen LogP contribution in [-0.2, 0) is 16.3 Å². The van der Waals surface area contributed by atoms with Gasteiger partial charge in [-0.2, -0.15) is 0 Å². The van der Waals surface area contributed by atoms with Gasteiger partial charge in [-0.25, -0.2) is 8.42 Å². The van der Waals surface area contributed by atoms with Gasteiger partial charge in [0.2, 0.25) is 0 Å². The van der Waals surface area contributed by atoms with Crippen LogP contribution in [0.3, 0.4) is 0 Å². The van der Waals surface area contributed by atoms with Crippen LogP contribution in [0.5, 0.6) is 0 Å². The van der Waals surface area contributed by atoms with Crippen LogP contribution in [-0.4, -0.2) is 43.3 Å². The highest BCUT2D eigenvalue weighted by atomic mass is 127. The third kappa shape index (κ3) is 3.33. The normalized spacial score (nSPS) is 15.6. The van der Waals surface area contributed by atoms with Crippen LogP contribution in [0.2, 0.25) is 0 Å². The molecular formula is C14H18INO3S. The fourth-order valence-electron chi connectivity index (χ4n) is 2.18. The van der Waals surface area contributed by atoms with Gasteiger partial charge in [-0.3, -0.25) is 4.79 Å². The van der Waals surface area contributed by atoms with Gasteiger partial charge in [0.05, 0.1) is 11.0 Å². The summed E-state index contributed by atoms with van der Waals surface area (Å²) in [5.41, 5.74) is 1.77. The first kappa shape index (κ1) is 15.8. The van der Waals surface area contributed by atoms with Crippen LogP contribution in [0, 0.1) is 3.57 Å². The van der Waals surface area contributed by atoms with Crippen molar-refractivity contribution in [1.29, 1.82) is 0 Å². The van der Waals surface area contributed by atoms with E-state index in [4.69, 9.17) is 0 Å². The molecule has 0 radical (unpaired) electrons. The lowest BCUT2D eigenvalue weighted by Gasteiger charge is -2.28. The molecule has 0 fully saturated rings. The van der Waals surface area contributed by atoms with Crippen LogP contribution in [0.25, 0.3) is 0 Å². The Hall–Kier alpha value is -0.630. The lowest BCUT2D eigenvalue weighted by atomic mass is 9.99. The topological polar surface area (TPSA) is 54.5 Å². The summed E-state index contributed by atoms with van der Waals surface area (Å²) < 4.78 is 24.7. The first-order chi connectivity index (χ1) is 9.31. The Balaban J connectivity index is 2.12. The van der Waals surface area contributed by atoms with Gasteiger partial charge in [0.25, 0.3) is 5.91 Å². The van der Waals surface area contributed by atoms with Gasteiger partial charge in [-0.1, -0.05) is 6.07 Å². The smallest absolute Gasteiger partial charge is 0.254 e. The fourth-order valence-corrected chi connectivity index (χ4v) is 3.62. The molecule has 2 rings (SSSR count). The Labute approximate surface area is 133 Å². The number of hydrogen-bond donors (Lipinski definition) is 0. The van der Waals surface area contributed by atoms with Gasteiger partial charge in [0.15, 0.2) is 9.84 Å². The van der Waals surface area contributed by atoms with Gasteiger partial charge in [0, 0.05) is 22.2 Å². The molecule has 1 aromatic carbocycles. The molecule has 1 aliphatic rings. The second kappa shape index (κ2) is 6.01. The van der Waals surface area contributed by atoms with Crippen molar-refractivity contribution in [2.45, 2.75) is 25.5 Å². The molecule has 0 spiro atoms. The minimum Gasteiger partial charge on any atom is -0.337 e. The van der Waals surface area contributed by atoms with Crippen molar-refractivity contribution in [2.75, 3.05) is 18.8 Å². The summed E-state index contributed by atoms with van der Waals surface area (Å²) in [5.74, 6) is -0.0147. The summed E-state index contributed by atoms with van der Waals surface area (Å²) in [4.78, 5) is 14.0. The highest BCUT2D eigenvalue weighted by Crippen LogP contribution is 2.21. The number of benzene rings is 1. The average molecular weight is 407 g/mol. The fraction of sp³-hybridized carbons (Fsp3) is 0.500. The number of hydrogen-bond acceptors (Lipinski definition) is 3. The van der Waals surface area contributed by atoms with Crippen molar-refractivity contribution in [2.24, 2.45) is 0 Å². The molecule has 0 N–H and O–H groups in total. The monoisotopic (exact) mass is 407 g/mol. The number of fused-ring (bicyclic) bond motifs is 1. The van der Waals surface area contributed by atoms with Crippen molar-refractivity contribution < 1.29 is 13.2 Å². The van der Waals surface area contributed by atoms with Crippen LogP contribution in [0.1, 0.15) is 29.8 Å². The molecule has 0 atom stereocenters. The lowest BCUT2D eigenvalue weighted by molar-refractivity contribution is 0.0750. The predicted octanol–water partition coefficient (Wildman–Crippen LogP) is 2.11. The highest BCUT2D eigenvalue weighted by Gasteiger charge is 2.26. The summed E-state index contributed by atoms with van der Waals surface area (Å²) in [7, 11) is -3.10. The number of rotatable bonds is 4. The molecule has 0 saturated carbocycles. The molecule has 1 heterocycles. The van der Waals surface area contributed by atoms with Gasteiger partial charge < -0.3 is 4.90 Å². The van der Waals surface area contributed by atoms with Crippen LogP contribution in [0.15, 0.2) is 18.2 Å². The van der Waals surface area contributed by atoms with E-state index in [1.54, 1.807) is 18.7 Å². The molecule has 0 unspecified atom stereocenters. The Kier molecular flexibility index (Phi) is 4.73. The van der Waals surface area contributed by atoms with E-state index in [1.165, 1.54) is 0 Å². The minimum atomic E-state index is -3.10. The maximum absolute atomic E-state index is 12.4. The number of nitrogens with zero attached hydrogens (tertiary/aromatic N) is 1. The number of carbonyl (C=O) groups excluding carboxylic acids is 1. The standard InChI is InChI=1S/C14H18INO3S/c1-10(2)20(18,19)8-7-16-6-5-11-3-4-12(15)9-13(11)14(16)17/h3-4,9-10H,5-8H2,1-2H3. The molecule has 0 aromatic heterocycles. The van der Waals surface area contributed by atoms with E-state index in [0.717, 1.165) is 15.6 Å². The molecule has 110 valence electrons. The van der Waals surface area contributed by atoms with Crippen molar-refractivity contribution in [3.8, 4) is 0 Å². The van der Waals surface area contributed by atoms with E-state index < -0.39 is 15.1 Å². The summed E-state index contributed by atoms with van der Waals surface area (Å²) in [6, 6.07) is 5.85. The summed E-state index contributed by atoms with van der Waals surface area (Å²) in [5, 5.41) is -0.393. The minimum absolute atomic E-state index is 0.0374. The zero-order chi connectivity index (χ0) is 14.9. The van der Waals surface area contributed by atoms with Gasteiger partial charge >= 0.3 is 0 Å². The van der Waals surface area contributed by atoms with Crippen LogP contribution < -0.4 is 0 Å². The maximum atomic E-state index is 12.4. The van der Waals surface area contributed by atoms with Crippen LogP contribution in [0.4, 0.5) is 0 Å². The predicted molar refractivity (Wildman–Crippen MR) is 87.7 cm³/mol. The largest absolute Gasteiger partial charge is 0.337 e. The third-order valence-corrected chi connectivity index (χ3v) is 6.46. The van der Waals surface area contributed by atoms with E-state index in [2.05, 4.69) is 22.6 Å². The molecule has 0 bridgehead atoms. The van der Waals surface area contributed by atoms with E-state index >= 15 is 0 Å². The van der Waals surface area contributed by atoms with E-state index in [0.29, 0.717) is 12.1 Å². The zero-order valence-electron chi connectivity index (χ0n) is 11.6. The van der Waals surface area contributed by atoms with Gasteiger partial charge in [0.1, 0.15) is 0 Å². The molecule has 1 amide bonds. The summed E-state index contributed by atoms with van der Waals surface area (Å²) in [6.45, 7) is 4.22. The Bertz CT molecular complexity index is 625. The summed E-state index contributed by atoms with van der Waals surface area (Å²) in [6.07, 6.45) is 0.791. The number of halogens is 1. The average Bonchev–Trinajstić information content (AvgIpc) is 2.38. The second-order valence-corrected chi connectivity index (χ2v) is 9.18. The molecule has 6 heteroatoms. The Morgan fingerprint density at radius 1 is 1.35 bits per heavy atom. The molecule has 0 saturated heterocycles. The van der Waals surface area contributed by atoms with Crippen molar-refractivity contribution >= 4 is 38.3 Å². The molecule has 20 heavy (non-hydrogen) atoms. The molecule has 4 nitrogen and oxygen atoms in total. The van der Waals surface area contributed by atoms with Gasteiger partial charge in [-0.05, 0) is 60.6 Å². The summed E-state index contributed by atoms with van der Waals surface area (Å²) >= 11 is 2.18. The quantitative estimate of drug-likeness (QED) is 0.719. The number of carbonyl (C=O) groups is 1. The lowest BCUT2D eigenvalue weighted by Crippen LogP contribution is -2.41. The number of amides is 1. The molecular weight excluding hydrogens is 389 g/mol. The Morgan fingerprint density at radius 2 is 2.05 bits per heavy atom. The van der Waals surface area contributed by atoms with E-state index in [1.807, 2.05) is 18.2 Å². The molecule has 1 aliphatic heterocycles. The van der Waals surface area contributed by atoms with E-state index in [9.17, 15) is 13.2 Å². The molecule has 1 aromatic rings. The first-order valence-corrected chi connectivity index (χ1v) is 9.40. The van der Waals surface area contributed by atoms with Gasteiger partial charge in [-0.15, -0.1) is 0 Å². The maximum Gasteiger partial charge on any atom is 0.254 e.